The molecule has 25 heavy (non-hydrogen) atoms. The molecular formula is C15H14N4O6. The summed E-state index contributed by atoms with van der Waals surface area (Å²) in [7, 11) is 1.45. The molecule has 0 spiro atoms. The van der Waals surface area contributed by atoms with Gasteiger partial charge in [-0.15, -0.1) is 15.1 Å². The van der Waals surface area contributed by atoms with Crippen molar-refractivity contribution in [1.29, 1.82) is 0 Å². The van der Waals surface area contributed by atoms with E-state index in [0.717, 1.165) is 4.90 Å². The molecule has 1 saturated heterocycles. The lowest BCUT2D eigenvalue weighted by molar-refractivity contribution is -0.136. The van der Waals surface area contributed by atoms with Gasteiger partial charge < -0.3 is 9.47 Å². The van der Waals surface area contributed by atoms with Crippen LogP contribution in [0.25, 0.3) is 0 Å². The lowest BCUT2D eigenvalue weighted by atomic mass is 9.98. The number of hydrogen-bond acceptors (Lipinski definition) is 8. The second-order valence-corrected chi connectivity index (χ2v) is 5.24. The first-order chi connectivity index (χ1) is 12.0. The first-order valence-corrected chi connectivity index (χ1v) is 7.43. The normalized spacial score (nSPS) is 21.9. The van der Waals surface area contributed by atoms with Gasteiger partial charge in [0, 0.05) is 6.07 Å². The molecule has 0 aliphatic carbocycles. The minimum Gasteiger partial charge on any atom is -0.497 e. The molecule has 0 radical (unpaired) electrons. The van der Waals surface area contributed by atoms with Gasteiger partial charge >= 0.3 is 5.97 Å². The van der Waals surface area contributed by atoms with Crippen molar-refractivity contribution in [2.24, 2.45) is 16.3 Å². The number of nitroso groups, excluding NO2 is 1. The number of benzene rings is 1. The topological polar surface area (TPSA) is 118 Å². The van der Waals surface area contributed by atoms with Crippen LogP contribution < -0.4 is 9.64 Å². The summed E-state index contributed by atoms with van der Waals surface area (Å²) in [5.74, 6) is -3.04. The standard InChI is InChI=1S/C15H14N4O6/c1-3-25-15(22)11-10-12(19(16-11)17-23)14(21)18(13(10)20)8-5-4-6-9(7-8)24-2/h4-7,10,12H,3H2,1-2H3/t10-,12-/m0/s1. The molecule has 10 heteroatoms. The molecule has 0 aromatic heterocycles. The Labute approximate surface area is 141 Å². The third-order valence-electron chi connectivity index (χ3n) is 3.91. The Bertz CT molecular complexity index is 792. The molecule has 0 saturated carbocycles. The molecule has 10 nitrogen and oxygen atoms in total. The molecular weight excluding hydrogens is 332 g/mol. The van der Waals surface area contributed by atoms with Gasteiger partial charge in [-0.2, -0.15) is 0 Å². The van der Waals surface area contributed by atoms with Crippen molar-refractivity contribution in [2.45, 2.75) is 13.0 Å². The number of carbonyl (C=O) groups is 3. The van der Waals surface area contributed by atoms with Crippen molar-refractivity contribution in [1.82, 2.24) is 5.12 Å². The summed E-state index contributed by atoms with van der Waals surface area (Å²) < 4.78 is 9.93. The molecule has 3 rings (SSSR count). The number of ether oxygens (including phenoxy) is 2. The van der Waals surface area contributed by atoms with Crippen LogP contribution in [-0.2, 0) is 19.1 Å². The molecule has 2 heterocycles. The van der Waals surface area contributed by atoms with Gasteiger partial charge in [0.2, 0.25) is 5.91 Å². The summed E-state index contributed by atoms with van der Waals surface area (Å²) in [6, 6.07) is 5.00. The van der Waals surface area contributed by atoms with E-state index in [-0.39, 0.29) is 18.0 Å². The largest absolute Gasteiger partial charge is 0.497 e. The molecule has 1 aromatic rings. The van der Waals surface area contributed by atoms with Crippen molar-refractivity contribution in [3.8, 4) is 5.75 Å². The minimum absolute atomic E-state index is 0.0610. The van der Waals surface area contributed by atoms with Crippen LogP contribution in [0.5, 0.6) is 5.75 Å². The van der Waals surface area contributed by atoms with Gasteiger partial charge in [0.05, 0.1) is 24.7 Å². The maximum absolute atomic E-state index is 12.8. The molecule has 1 aromatic carbocycles. The number of amides is 2. The number of methoxy groups -OCH3 is 1. The summed E-state index contributed by atoms with van der Waals surface area (Å²) in [6.45, 7) is 1.65. The maximum atomic E-state index is 12.8. The van der Waals surface area contributed by atoms with Crippen LogP contribution in [0.2, 0.25) is 0 Å². The van der Waals surface area contributed by atoms with Crippen LogP contribution in [0.3, 0.4) is 0 Å². The van der Waals surface area contributed by atoms with Crippen molar-refractivity contribution in [3.63, 3.8) is 0 Å². The van der Waals surface area contributed by atoms with Crippen molar-refractivity contribution in [3.05, 3.63) is 29.2 Å². The van der Waals surface area contributed by atoms with Crippen LogP contribution in [0.1, 0.15) is 6.92 Å². The van der Waals surface area contributed by atoms with Gasteiger partial charge in [0.1, 0.15) is 11.7 Å². The van der Waals surface area contributed by atoms with Gasteiger partial charge in [-0.3, -0.25) is 9.59 Å². The SMILES string of the molecule is CCOC(=O)C1=NN(N=O)[C@@H]2C(=O)N(c3cccc(OC)c3)C(=O)[C@@H]12. The zero-order chi connectivity index (χ0) is 18.1. The van der Waals surface area contributed by atoms with Gasteiger partial charge in [0.15, 0.2) is 11.8 Å². The van der Waals surface area contributed by atoms with E-state index in [1.54, 1.807) is 25.1 Å². The van der Waals surface area contributed by atoms with E-state index in [1.807, 2.05) is 0 Å². The lowest BCUT2D eigenvalue weighted by Crippen LogP contribution is -2.36. The van der Waals surface area contributed by atoms with Crippen LogP contribution >= 0.6 is 0 Å². The van der Waals surface area contributed by atoms with Gasteiger partial charge in [0.25, 0.3) is 5.91 Å². The first-order valence-electron chi connectivity index (χ1n) is 7.43. The fraction of sp³-hybridized carbons (Fsp3) is 0.333. The van der Waals surface area contributed by atoms with E-state index in [9.17, 15) is 19.3 Å². The van der Waals surface area contributed by atoms with E-state index >= 15 is 0 Å². The number of hydrazone groups is 1. The summed E-state index contributed by atoms with van der Waals surface area (Å²) in [5, 5.41) is 6.85. The first kappa shape index (κ1) is 16.6. The molecule has 0 unspecified atom stereocenters. The fourth-order valence-corrected chi connectivity index (χ4v) is 2.84. The van der Waals surface area contributed by atoms with E-state index in [2.05, 4.69) is 10.4 Å². The lowest BCUT2D eigenvalue weighted by Gasteiger charge is -2.17. The number of nitrogens with zero attached hydrogens (tertiary/aromatic N) is 4. The van der Waals surface area contributed by atoms with Gasteiger partial charge in [-0.05, 0) is 19.1 Å². The van der Waals surface area contributed by atoms with E-state index in [1.165, 1.54) is 13.2 Å². The Morgan fingerprint density at radius 2 is 2.08 bits per heavy atom. The fourth-order valence-electron chi connectivity index (χ4n) is 2.84. The molecule has 1 fully saturated rings. The second kappa shape index (κ2) is 6.30. The summed E-state index contributed by atoms with van der Waals surface area (Å²) in [4.78, 5) is 49.4. The number of anilines is 1. The average Bonchev–Trinajstić information content (AvgIpc) is 3.12. The Balaban J connectivity index is 2.00. The Morgan fingerprint density at radius 1 is 1.32 bits per heavy atom. The highest BCUT2D eigenvalue weighted by Gasteiger charge is 2.59. The number of carbonyl (C=O) groups excluding carboxylic acids is 3. The zero-order valence-electron chi connectivity index (χ0n) is 13.4. The van der Waals surface area contributed by atoms with E-state index in [4.69, 9.17) is 9.47 Å². The monoisotopic (exact) mass is 346 g/mol. The molecule has 2 amide bonds. The zero-order valence-corrected chi connectivity index (χ0v) is 13.4. The smallest absolute Gasteiger partial charge is 0.355 e. The molecule has 0 N–H and O–H groups in total. The number of imide groups is 1. The third-order valence-corrected chi connectivity index (χ3v) is 3.91. The number of esters is 1. The molecule has 2 aliphatic rings. The van der Waals surface area contributed by atoms with E-state index in [0.29, 0.717) is 10.9 Å². The summed E-state index contributed by atoms with van der Waals surface area (Å²) >= 11 is 0. The Hall–Kier alpha value is -3.30. The highest BCUT2D eigenvalue weighted by Crippen LogP contribution is 2.36. The van der Waals surface area contributed by atoms with Crippen LogP contribution in [0.15, 0.2) is 34.7 Å². The quantitative estimate of drug-likeness (QED) is 0.432. The molecule has 0 bridgehead atoms. The Kier molecular flexibility index (Phi) is 4.17. The maximum Gasteiger partial charge on any atom is 0.355 e. The summed E-state index contributed by atoms with van der Waals surface area (Å²) in [5.41, 5.74) is -0.0481. The van der Waals surface area contributed by atoms with Crippen LogP contribution in [0.4, 0.5) is 5.69 Å². The average molecular weight is 346 g/mol. The molecule has 2 aliphatic heterocycles. The van der Waals surface area contributed by atoms with Crippen LogP contribution in [-0.4, -0.2) is 48.4 Å². The highest BCUT2D eigenvalue weighted by atomic mass is 16.5. The van der Waals surface area contributed by atoms with Crippen molar-refractivity contribution in [2.75, 3.05) is 18.6 Å². The van der Waals surface area contributed by atoms with Crippen molar-refractivity contribution >= 4 is 29.2 Å². The predicted molar refractivity (Wildman–Crippen MR) is 84.5 cm³/mol. The number of rotatable bonds is 5. The molecule has 130 valence electrons. The highest BCUT2D eigenvalue weighted by molar-refractivity contribution is 6.46. The second-order valence-electron chi connectivity index (χ2n) is 5.24. The summed E-state index contributed by atoms with van der Waals surface area (Å²) in [6.07, 6.45) is 0. The van der Waals surface area contributed by atoms with Crippen LogP contribution in [0, 0.1) is 10.8 Å². The molecule has 2 atom stereocenters. The van der Waals surface area contributed by atoms with E-state index < -0.39 is 29.7 Å². The van der Waals surface area contributed by atoms with Crippen molar-refractivity contribution < 1.29 is 23.9 Å². The van der Waals surface area contributed by atoms with Gasteiger partial charge in [-0.25, -0.2) is 9.69 Å². The minimum atomic E-state index is -1.30. The predicted octanol–water partition coefficient (Wildman–Crippen LogP) is 0.469. The Morgan fingerprint density at radius 3 is 2.72 bits per heavy atom. The number of fused-ring (bicyclic) bond motifs is 1. The third kappa shape index (κ3) is 2.51. The van der Waals surface area contributed by atoms with Gasteiger partial charge in [-0.1, -0.05) is 6.07 Å². The number of hydrogen-bond donors (Lipinski definition) is 0.